The quantitative estimate of drug-likeness (QED) is 0.850. The van der Waals surface area contributed by atoms with Gasteiger partial charge in [0.15, 0.2) is 0 Å². The number of hydrogen-bond donors (Lipinski definition) is 2. The summed E-state index contributed by atoms with van der Waals surface area (Å²) < 4.78 is 0. The number of thiophene rings is 1. The summed E-state index contributed by atoms with van der Waals surface area (Å²) in [6.45, 7) is 1.58. The van der Waals surface area contributed by atoms with Gasteiger partial charge in [-0.25, -0.2) is 0 Å². The standard InChI is InChI=1S/C14H19N3OS/c1-17(2)13(14-4-3-7-19-14)10-15-8-11-5-6-12(18)9-16-11/h3-7,9,13,15,18H,8,10H2,1-2H3. The number of nitrogens with zero attached hydrogens (tertiary/aromatic N) is 2. The lowest BCUT2D eigenvalue weighted by Gasteiger charge is -2.23. The molecule has 0 bridgehead atoms. The van der Waals surface area contributed by atoms with Gasteiger partial charge in [-0.05, 0) is 37.7 Å². The highest BCUT2D eigenvalue weighted by atomic mass is 32.1. The molecule has 2 N–H and O–H groups in total. The van der Waals surface area contributed by atoms with E-state index in [1.807, 2.05) is 6.07 Å². The molecule has 2 aromatic rings. The number of aromatic hydroxyl groups is 1. The Kier molecular flexibility index (Phi) is 4.90. The highest BCUT2D eigenvalue weighted by Gasteiger charge is 2.14. The molecule has 0 aliphatic carbocycles. The third-order valence-corrected chi connectivity index (χ3v) is 3.92. The van der Waals surface area contributed by atoms with Gasteiger partial charge in [0.1, 0.15) is 5.75 Å². The molecule has 0 saturated carbocycles. The molecule has 0 aliphatic heterocycles. The largest absolute Gasteiger partial charge is 0.506 e. The van der Waals surface area contributed by atoms with Gasteiger partial charge in [-0.1, -0.05) is 6.07 Å². The number of aromatic nitrogens is 1. The second kappa shape index (κ2) is 6.65. The average Bonchev–Trinajstić information content (AvgIpc) is 2.90. The fraction of sp³-hybridized carbons (Fsp3) is 0.357. The highest BCUT2D eigenvalue weighted by molar-refractivity contribution is 7.10. The molecule has 0 saturated heterocycles. The molecule has 19 heavy (non-hydrogen) atoms. The van der Waals surface area contributed by atoms with E-state index in [1.54, 1.807) is 17.4 Å². The van der Waals surface area contributed by atoms with E-state index < -0.39 is 0 Å². The fourth-order valence-electron chi connectivity index (χ4n) is 1.88. The zero-order valence-electron chi connectivity index (χ0n) is 11.2. The summed E-state index contributed by atoms with van der Waals surface area (Å²) in [7, 11) is 4.18. The molecule has 2 aromatic heterocycles. The lowest BCUT2D eigenvalue weighted by Crippen LogP contribution is -2.30. The van der Waals surface area contributed by atoms with Crippen LogP contribution < -0.4 is 5.32 Å². The molecule has 2 rings (SSSR count). The summed E-state index contributed by atoms with van der Waals surface area (Å²) >= 11 is 1.78. The van der Waals surface area contributed by atoms with Crippen LogP contribution in [0.4, 0.5) is 0 Å². The molecular weight excluding hydrogens is 258 g/mol. The van der Waals surface area contributed by atoms with Crippen molar-refractivity contribution in [1.82, 2.24) is 15.2 Å². The topological polar surface area (TPSA) is 48.4 Å². The van der Waals surface area contributed by atoms with Gasteiger partial charge in [-0.2, -0.15) is 0 Å². The lowest BCUT2D eigenvalue weighted by molar-refractivity contribution is 0.292. The second-order valence-corrected chi connectivity index (χ2v) is 5.61. The van der Waals surface area contributed by atoms with Crippen molar-refractivity contribution in [2.75, 3.05) is 20.6 Å². The molecule has 4 nitrogen and oxygen atoms in total. The predicted octanol–water partition coefficient (Wildman–Crippen LogP) is 2.24. The van der Waals surface area contributed by atoms with Crippen molar-refractivity contribution in [3.05, 3.63) is 46.4 Å². The van der Waals surface area contributed by atoms with Crippen LogP contribution in [0.15, 0.2) is 35.8 Å². The number of hydrogen-bond acceptors (Lipinski definition) is 5. The van der Waals surface area contributed by atoms with E-state index in [9.17, 15) is 5.11 Å². The van der Waals surface area contributed by atoms with E-state index in [-0.39, 0.29) is 5.75 Å². The Morgan fingerprint density at radius 3 is 2.79 bits per heavy atom. The van der Waals surface area contributed by atoms with Crippen molar-refractivity contribution in [3.8, 4) is 5.75 Å². The minimum absolute atomic E-state index is 0.202. The third-order valence-electron chi connectivity index (χ3n) is 2.95. The Hall–Kier alpha value is -1.43. The van der Waals surface area contributed by atoms with E-state index in [0.29, 0.717) is 12.6 Å². The maximum absolute atomic E-state index is 9.18. The van der Waals surface area contributed by atoms with Gasteiger partial charge in [0, 0.05) is 18.0 Å². The molecule has 1 unspecified atom stereocenters. The minimum atomic E-state index is 0.202. The Morgan fingerprint density at radius 2 is 2.21 bits per heavy atom. The predicted molar refractivity (Wildman–Crippen MR) is 78.4 cm³/mol. The van der Waals surface area contributed by atoms with Gasteiger partial charge in [0.2, 0.25) is 0 Å². The fourth-order valence-corrected chi connectivity index (χ4v) is 2.80. The smallest absolute Gasteiger partial charge is 0.133 e. The molecule has 0 aromatic carbocycles. The summed E-state index contributed by atoms with van der Waals surface area (Å²) in [6.07, 6.45) is 1.47. The molecule has 2 heterocycles. The van der Waals surface area contributed by atoms with Crippen molar-refractivity contribution in [2.24, 2.45) is 0 Å². The van der Waals surface area contributed by atoms with Gasteiger partial charge in [0.05, 0.1) is 17.9 Å². The van der Waals surface area contributed by atoms with Gasteiger partial charge in [-0.3, -0.25) is 4.98 Å². The van der Waals surface area contributed by atoms with Crippen molar-refractivity contribution in [2.45, 2.75) is 12.6 Å². The van der Waals surface area contributed by atoms with Gasteiger partial charge in [0.25, 0.3) is 0 Å². The van der Waals surface area contributed by atoms with Crippen LogP contribution in [0, 0.1) is 0 Å². The molecule has 0 aliphatic rings. The van der Waals surface area contributed by atoms with E-state index >= 15 is 0 Å². The summed E-state index contributed by atoms with van der Waals surface area (Å²) in [4.78, 5) is 7.73. The first-order valence-electron chi connectivity index (χ1n) is 6.21. The van der Waals surface area contributed by atoms with Gasteiger partial charge >= 0.3 is 0 Å². The van der Waals surface area contributed by atoms with Crippen LogP contribution >= 0.6 is 11.3 Å². The SMILES string of the molecule is CN(C)C(CNCc1ccc(O)cn1)c1cccs1. The molecule has 0 radical (unpaired) electrons. The highest BCUT2D eigenvalue weighted by Crippen LogP contribution is 2.22. The van der Waals surface area contributed by atoms with Crippen molar-refractivity contribution in [1.29, 1.82) is 0 Å². The zero-order valence-corrected chi connectivity index (χ0v) is 12.0. The average molecular weight is 277 g/mol. The summed E-state index contributed by atoms with van der Waals surface area (Å²) in [5.41, 5.74) is 0.932. The van der Waals surface area contributed by atoms with Crippen LogP contribution in [0.25, 0.3) is 0 Å². The molecule has 1 atom stereocenters. The van der Waals surface area contributed by atoms with E-state index in [2.05, 4.69) is 46.8 Å². The van der Waals surface area contributed by atoms with Crippen LogP contribution in [0.5, 0.6) is 5.75 Å². The van der Waals surface area contributed by atoms with E-state index in [1.165, 1.54) is 11.1 Å². The summed E-state index contributed by atoms with van der Waals surface area (Å²) in [5.74, 6) is 0.202. The van der Waals surface area contributed by atoms with Crippen LogP contribution in [0.3, 0.4) is 0 Å². The van der Waals surface area contributed by atoms with Crippen LogP contribution in [-0.2, 0) is 6.54 Å². The van der Waals surface area contributed by atoms with Crippen molar-refractivity contribution >= 4 is 11.3 Å². The van der Waals surface area contributed by atoms with Crippen molar-refractivity contribution < 1.29 is 5.11 Å². The maximum atomic E-state index is 9.18. The summed E-state index contributed by atoms with van der Waals surface area (Å²) in [5, 5.41) is 14.7. The molecule has 5 heteroatoms. The Bertz CT molecular complexity index is 482. The van der Waals surface area contributed by atoms with Crippen LogP contribution in [0.1, 0.15) is 16.6 Å². The monoisotopic (exact) mass is 277 g/mol. The first-order chi connectivity index (χ1) is 9.16. The van der Waals surface area contributed by atoms with E-state index in [4.69, 9.17) is 0 Å². The number of rotatable bonds is 6. The zero-order chi connectivity index (χ0) is 13.7. The maximum Gasteiger partial charge on any atom is 0.133 e. The minimum Gasteiger partial charge on any atom is -0.506 e. The van der Waals surface area contributed by atoms with E-state index in [0.717, 1.165) is 12.2 Å². The van der Waals surface area contributed by atoms with Gasteiger partial charge < -0.3 is 15.3 Å². The van der Waals surface area contributed by atoms with Crippen LogP contribution in [0.2, 0.25) is 0 Å². The third kappa shape index (κ3) is 4.02. The molecule has 0 spiro atoms. The summed E-state index contributed by atoms with van der Waals surface area (Å²) in [6, 6.07) is 8.11. The molecule has 102 valence electrons. The van der Waals surface area contributed by atoms with Gasteiger partial charge in [-0.15, -0.1) is 11.3 Å². The number of nitrogens with one attached hydrogen (secondary N) is 1. The first-order valence-corrected chi connectivity index (χ1v) is 7.09. The molecule has 0 amide bonds. The molecule has 0 fully saturated rings. The normalized spacial score (nSPS) is 12.8. The first kappa shape index (κ1) is 14.0. The van der Waals surface area contributed by atoms with Crippen LogP contribution in [-0.4, -0.2) is 35.6 Å². The lowest BCUT2D eigenvalue weighted by atomic mass is 10.2. The van der Waals surface area contributed by atoms with Crippen molar-refractivity contribution in [3.63, 3.8) is 0 Å². The number of pyridine rings is 1. The Balaban J connectivity index is 1.88. The Labute approximate surface area is 117 Å². The Morgan fingerprint density at radius 1 is 1.37 bits per heavy atom. The molecular formula is C14H19N3OS. The number of likely N-dealkylation sites (N-methyl/N-ethyl adjacent to an activating group) is 1. The second-order valence-electron chi connectivity index (χ2n) is 4.63.